The van der Waals surface area contributed by atoms with Crippen LogP contribution in [0.2, 0.25) is 0 Å². The van der Waals surface area contributed by atoms with E-state index in [9.17, 15) is 9.59 Å². The molecule has 0 bridgehead atoms. The van der Waals surface area contributed by atoms with Crippen LogP contribution in [0.5, 0.6) is 0 Å². The summed E-state index contributed by atoms with van der Waals surface area (Å²) in [4.78, 5) is 32.1. The number of thiazole rings is 1. The first-order valence-corrected chi connectivity index (χ1v) is 9.79. The highest BCUT2D eigenvalue weighted by Gasteiger charge is 2.23. The quantitative estimate of drug-likeness (QED) is 0.480. The fourth-order valence-corrected chi connectivity index (χ4v) is 4.09. The minimum absolute atomic E-state index is 0.207. The lowest BCUT2D eigenvalue weighted by atomic mass is 10.1. The summed E-state index contributed by atoms with van der Waals surface area (Å²) in [7, 11) is 1.34. The van der Waals surface area contributed by atoms with Crippen molar-refractivity contribution in [2.75, 3.05) is 13.7 Å². The molecule has 1 amide bonds. The van der Waals surface area contributed by atoms with Gasteiger partial charge in [-0.2, -0.15) is 0 Å². The maximum Gasteiger partial charge on any atom is 0.339 e. The Balaban J connectivity index is 1.59. The van der Waals surface area contributed by atoms with Gasteiger partial charge in [0.15, 0.2) is 0 Å². The van der Waals surface area contributed by atoms with Crippen molar-refractivity contribution >= 4 is 33.4 Å². The summed E-state index contributed by atoms with van der Waals surface area (Å²) in [6, 6.07) is 8.07. The number of nitrogens with one attached hydrogen (secondary N) is 2. The number of fused-ring (bicyclic) bond motifs is 1. The van der Waals surface area contributed by atoms with Gasteiger partial charge in [-0.05, 0) is 37.5 Å². The molecule has 0 fully saturated rings. The molecule has 0 saturated heterocycles. The van der Waals surface area contributed by atoms with E-state index in [1.54, 1.807) is 18.3 Å². The van der Waals surface area contributed by atoms with Gasteiger partial charge < -0.3 is 15.0 Å². The van der Waals surface area contributed by atoms with Crippen LogP contribution in [0.15, 0.2) is 24.3 Å². The number of carbonyl (C=O) groups excluding carboxylic acids is 2. The number of rotatable bonds is 7. The van der Waals surface area contributed by atoms with Crippen LogP contribution in [0.1, 0.15) is 50.5 Å². The molecular weight excluding hydrogens is 362 g/mol. The first-order chi connectivity index (χ1) is 13.0. The Bertz CT molecular complexity index is 941. The van der Waals surface area contributed by atoms with Crippen molar-refractivity contribution in [3.8, 4) is 0 Å². The normalized spacial score (nSPS) is 10.9. The van der Waals surface area contributed by atoms with Crippen LogP contribution in [-0.2, 0) is 17.6 Å². The van der Waals surface area contributed by atoms with Crippen LogP contribution < -0.4 is 5.32 Å². The summed E-state index contributed by atoms with van der Waals surface area (Å²) in [5, 5.41) is 3.99. The summed E-state index contributed by atoms with van der Waals surface area (Å²) in [5.41, 5.74) is 3.25. The molecule has 1 aromatic carbocycles. The fourth-order valence-electron chi connectivity index (χ4n) is 3.09. The van der Waals surface area contributed by atoms with Gasteiger partial charge in [-0.15, -0.1) is 11.3 Å². The standard InChI is InChI=1S/C20H23N3O3S/c1-4-13-17(20(25)26-3)12(2)18(23-13)19(24)21-11-7-10-16-22-14-8-5-6-9-15(14)27-16/h5-6,8-9,23H,4,7,10-11H2,1-3H3,(H,21,24). The first-order valence-electron chi connectivity index (χ1n) is 8.97. The highest BCUT2D eigenvalue weighted by molar-refractivity contribution is 7.18. The summed E-state index contributed by atoms with van der Waals surface area (Å²) in [6.07, 6.45) is 2.24. The molecule has 0 aliphatic carbocycles. The van der Waals surface area contributed by atoms with Crippen molar-refractivity contribution in [3.63, 3.8) is 0 Å². The Morgan fingerprint density at radius 1 is 1.30 bits per heavy atom. The lowest BCUT2D eigenvalue weighted by Crippen LogP contribution is -2.25. The minimum Gasteiger partial charge on any atom is -0.465 e. The predicted molar refractivity (Wildman–Crippen MR) is 107 cm³/mol. The van der Waals surface area contributed by atoms with Crippen molar-refractivity contribution in [2.45, 2.75) is 33.1 Å². The number of H-pyrrole nitrogens is 1. The third kappa shape index (κ3) is 4.03. The number of esters is 1. The number of nitrogens with zero attached hydrogens (tertiary/aromatic N) is 1. The molecule has 27 heavy (non-hydrogen) atoms. The summed E-state index contributed by atoms with van der Waals surface area (Å²) >= 11 is 1.69. The average molecular weight is 385 g/mol. The maximum atomic E-state index is 12.5. The van der Waals surface area contributed by atoms with Crippen LogP contribution in [0.3, 0.4) is 0 Å². The summed E-state index contributed by atoms with van der Waals surface area (Å²) < 4.78 is 6.01. The molecule has 2 aromatic heterocycles. The second kappa shape index (κ2) is 8.35. The van der Waals surface area contributed by atoms with E-state index in [4.69, 9.17) is 4.74 Å². The second-order valence-electron chi connectivity index (χ2n) is 6.26. The molecule has 0 saturated carbocycles. The molecule has 3 rings (SSSR count). The van der Waals surface area contributed by atoms with E-state index in [0.717, 1.165) is 29.1 Å². The molecule has 0 spiro atoms. The molecule has 7 heteroatoms. The topological polar surface area (TPSA) is 84.1 Å². The van der Waals surface area contributed by atoms with Gasteiger partial charge in [0.2, 0.25) is 0 Å². The van der Waals surface area contributed by atoms with Crippen molar-refractivity contribution in [2.24, 2.45) is 0 Å². The van der Waals surface area contributed by atoms with Crippen molar-refractivity contribution in [1.29, 1.82) is 0 Å². The minimum atomic E-state index is -0.421. The van der Waals surface area contributed by atoms with Crippen molar-refractivity contribution < 1.29 is 14.3 Å². The number of aromatic amines is 1. The van der Waals surface area contributed by atoms with Crippen LogP contribution >= 0.6 is 11.3 Å². The number of hydrogen-bond donors (Lipinski definition) is 2. The molecule has 3 aromatic rings. The van der Waals surface area contributed by atoms with Gasteiger partial charge >= 0.3 is 5.97 Å². The Labute approximate surface area is 162 Å². The number of aryl methyl sites for hydroxylation is 2. The van der Waals surface area contributed by atoms with Crippen molar-refractivity contribution in [1.82, 2.24) is 15.3 Å². The number of amides is 1. The van der Waals surface area contributed by atoms with E-state index in [2.05, 4.69) is 21.4 Å². The number of aromatic nitrogens is 2. The third-order valence-corrected chi connectivity index (χ3v) is 5.59. The number of benzene rings is 1. The lowest BCUT2D eigenvalue weighted by molar-refractivity contribution is 0.0599. The Kier molecular flexibility index (Phi) is 5.91. The number of carbonyl (C=O) groups is 2. The highest BCUT2D eigenvalue weighted by Crippen LogP contribution is 2.22. The van der Waals surface area contributed by atoms with Gasteiger partial charge in [-0.1, -0.05) is 19.1 Å². The molecule has 0 radical (unpaired) electrons. The Morgan fingerprint density at radius 2 is 2.07 bits per heavy atom. The molecule has 0 unspecified atom stereocenters. The predicted octanol–water partition coefficient (Wildman–Crippen LogP) is 3.64. The van der Waals surface area contributed by atoms with Crippen LogP contribution in [0.4, 0.5) is 0 Å². The molecule has 0 aliphatic heterocycles. The Hall–Kier alpha value is -2.67. The van der Waals surface area contributed by atoms with E-state index < -0.39 is 5.97 Å². The SMILES string of the molecule is CCc1[nH]c(C(=O)NCCCc2nc3ccccc3s2)c(C)c1C(=O)OC. The smallest absolute Gasteiger partial charge is 0.339 e. The average Bonchev–Trinajstić information content (AvgIpc) is 3.24. The number of ether oxygens (including phenoxy) is 1. The number of hydrogen-bond acceptors (Lipinski definition) is 5. The van der Waals surface area contributed by atoms with Gasteiger partial charge in [0.1, 0.15) is 5.69 Å². The summed E-state index contributed by atoms with van der Waals surface area (Å²) in [5.74, 6) is -0.628. The number of para-hydroxylation sites is 1. The summed E-state index contributed by atoms with van der Waals surface area (Å²) in [6.45, 7) is 4.23. The monoisotopic (exact) mass is 385 g/mol. The first kappa shape index (κ1) is 19.1. The van der Waals surface area contributed by atoms with Gasteiger partial charge in [-0.25, -0.2) is 9.78 Å². The lowest BCUT2D eigenvalue weighted by Gasteiger charge is -2.04. The van der Waals surface area contributed by atoms with Gasteiger partial charge in [0, 0.05) is 18.7 Å². The largest absolute Gasteiger partial charge is 0.465 e. The fraction of sp³-hybridized carbons (Fsp3) is 0.350. The van der Waals surface area contributed by atoms with Crippen LogP contribution in [0.25, 0.3) is 10.2 Å². The zero-order chi connectivity index (χ0) is 19.4. The van der Waals surface area contributed by atoms with E-state index in [1.807, 2.05) is 25.1 Å². The molecule has 2 N–H and O–H groups in total. The van der Waals surface area contributed by atoms with Crippen molar-refractivity contribution in [3.05, 3.63) is 51.8 Å². The number of methoxy groups -OCH3 is 1. The van der Waals surface area contributed by atoms with Crippen LogP contribution in [0, 0.1) is 6.92 Å². The highest BCUT2D eigenvalue weighted by atomic mass is 32.1. The molecular formula is C20H23N3O3S. The third-order valence-electron chi connectivity index (χ3n) is 4.49. The zero-order valence-corrected chi connectivity index (χ0v) is 16.5. The molecule has 2 heterocycles. The molecule has 142 valence electrons. The Morgan fingerprint density at radius 3 is 2.78 bits per heavy atom. The van der Waals surface area contributed by atoms with E-state index >= 15 is 0 Å². The van der Waals surface area contributed by atoms with E-state index in [0.29, 0.717) is 29.8 Å². The van der Waals surface area contributed by atoms with E-state index in [1.165, 1.54) is 11.8 Å². The molecule has 0 aliphatic rings. The van der Waals surface area contributed by atoms with E-state index in [-0.39, 0.29) is 5.91 Å². The molecule has 0 atom stereocenters. The van der Waals surface area contributed by atoms with Gasteiger partial charge in [-0.3, -0.25) is 4.79 Å². The zero-order valence-electron chi connectivity index (χ0n) is 15.7. The maximum absolute atomic E-state index is 12.5. The second-order valence-corrected chi connectivity index (χ2v) is 7.37. The molecule has 6 nitrogen and oxygen atoms in total. The van der Waals surface area contributed by atoms with Gasteiger partial charge in [0.25, 0.3) is 5.91 Å². The van der Waals surface area contributed by atoms with Crippen LogP contribution in [-0.4, -0.2) is 35.5 Å². The van der Waals surface area contributed by atoms with Gasteiger partial charge in [0.05, 0.1) is 27.9 Å².